The Bertz CT molecular complexity index is 526. The first-order valence-electron chi connectivity index (χ1n) is 6.70. The van der Waals surface area contributed by atoms with Gasteiger partial charge in [-0.3, -0.25) is 0 Å². The average molecular weight is 245 g/mol. The monoisotopic (exact) mass is 245 g/mol. The van der Waals surface area contributed by atoms with Crippen molar-refractivity contribution in [1.29, 1.82) is 0 Å². The number of nitrogens with zero attached hydrogens (tertiary/aromatic N) is 1. The molecule has 1 unspecified atom stereocenters. The van der Waals surface area contributed by atoms with E-state index in [9.17, 15) is 0 Å². The van der Waals surface area contributed by atoms with E-state index in [1.54, 1.807) is 0 Å². The molecule has 0 N–H and O–H groups in total. The molecule has 1 atom stereocenters. The predicted octanol–water partition coefficient (Wildman–Crippen LogP) is 3.22. The van der Waals surface area contributed by atoms with Gasteiger partial charge >= 0.3 is 0 Å². The number of rotatable bonds is 4. The van der Waals surface area contributed by atoms with Gasteiger partial charge in [-0.1, -0.05) is 6.07 Å². The number of aromatic nitrogens is 1. The summed E-state index contributed by atoms with van der Waals surface area (Å²) in [6.45, 7) is 4.57. The lowest BCUT2D eigenvalue weighted by Crippen LogP contribution is -2.13. The van der Waals surface area contributed by atoms with Crippen molar-refractivity contribution in [3.05, 3.63) is 30.5 Å². The van der Waals surface area contributed by atoms with Crippen molar-refractivity contribution < 1.29 is 9.47 Å². The lowest BCUT2D eigenvalue weighted by atomic mass is 10.2. The third-order valence-electron chi connectivity index (χ3n) is 3.50. The molecule has 18 heavy (non-hydrogen) atoms. The molecular formula is C15H19NO2. The highest BCUT2D eigenvalue weighted by molar-refractivity contribution is 5.86. The van der Waals surface area contributed by atoms with Crippen LogP contribution in [-0.2, 0) is 11.3 Å². The second-order valence-electron chi connectivity index (χ2n) is 4.73. The van der Waals surface area contributed by atoms with Crippen LogP contribution in [0, 0.1) is 0 Å². The minimum absolute atomic E-state index is 0.372. The van der Waals surface area contributed by atoms with E-state index in [0.29, 0.717) is 12.7 Å². The van der Waals surface area contributed by atoms with E-state index in [4.69, 9.17) is 9.47 Å². The standard InChI is InChI=1S/C15H19NO2/c1-2-17-15-7-3-6-14-13(15)8-9-16(14)11-12-5-4-10-18-12/h3,6-9,12H,2,4-5,10-11H2,1H3. The van der Waals surface area contributed by atoms with E-state index in [-0.39, 0.29) is 0 Å². The van der Waals surface area contributed by atoms with Crippen molar-refractivity contribution in [3.63, 3.8) is 0 Å². The second kappa shape index (κ2) is 5.02. The van der Waals surface area contributed by atoms with E-state index in [1.807, 2.05) is 13.0 Å². The lowest BCUT2D eigenvalue weighted by Gasteiger charge is -2.12. The van der Waals surface area contributed by atoms with Crippen molar-refractivity contribution in [2.24, 2.45) is 0 Å². The smallest absolute Gasteiger partial charge is 0.128 e. The molecule has 0 amide bonds. The Morgan fingerprint density at radius 2 is 2.33 bits per heavy atom. The van der Waals surface area contributed by atoms with Gasteiger partial charge in [0.05, 0.1) is 18.2 Å². The van der Waals surface area contributed by atoms with Crippen LogP contribution in [0.1, 0.15) is 19.8 Å². The second-order valence-corrected chi connectivity index (χ2v) is 4.73. The van der Waals surface area contributed by atoms with Crippen molar-refractivity contribution in [2.45, 2.75) is 32.4 Å². The van der Waals surface area contributed by atoms with E-state index < -0.39 is 0 Å². The molecule has 2 heterocycles. The van der Waals surface area contributed by atoms with Crippen LogP contribution in [0.3, 0.4) is 0 Å². The molecule has 3 rings (SSSR count). The maximum absolute atomic E-state index is 5.70. The Balaban J connectivity index is 1.90. The normalized spacial score (nSPS) is 19.5. The molecule has 96 valence electrons. The zero-order chi connectivity index (χ0) is 12.4. The quantitative estimate of drug-likeness (QED) is 0.825. The molecule has 1 aromatic carbocycles. The first kappa shape index (κ1) is 11.6. The summed E-state index contributed by atoms with van der Waals surface area (Å²) >= 11 is 0. The third-order valence-corrected chi connectivity index (χ3v) is 3.50. The number of fused-ring (bicyclic) bond motifs is 1. The van der Waals surface area contributed by atoms with Crippen LogP contribution in [0.2, 0.25) is 0 Å². The van der Waals surface area contributed by atoms with Crippen molar-refractivity contribution in [1.82, 2.24) is 4.57 Å². The van der Waals surface area contributed by atoms with Crippen LogP contribution < -0.4 is 4.74 Å². The van der Waals surface area contributed by atoms with Gasteiger partial charge in [-0.05, 0) is 38.0 Å². The van der Waals surface area contributed by atoms with Gasteiger partial charge in [-0.2, -0.15) is 0 Å². The summed E-state index contributed by atoms with van der Waals surface area (Å²) in [7, 11) is 0. The fourth-order valence-corrected chi connectivity index (χ4v) is 2.64. The molecule has 0 bridgehead atoms. The summed E-state index contributed by atoms with van der Waals surface area (Å²) in [5.74, 6) is 0.973. The first-order chi connectivity index (χ1) is 8.88. The highest BCUT2D eigenvalue weighted by atomic mass is 16.5. The Hall–Kier alpha value is -1.48. The number of hydrogen-bond acceptors (Lipinski definition) is 2. The fourth-order valence-electron chi connectivity index (χ4n) is 2.64. The lowest BCUT2D eigenvalue weighted by molar-refractivity contribution is 0.0980. The summed E-state index contributed by atoms with van der Waals surface area (Å²) in [5.41, 5.74) is 1.23. The Morgan fingerprint density at radius 1 is 1.39 bits per heavy atom. The number of ether oxygens (including phenoxy) is 2. The van der Waals surface area contributed by atoms with E-state index in [1.165, 1.54) is 23.7 Å². The van der Waals surface area contributed by atoms with Crippen LogP contribution in [0.25, 0.3) is 10.9 Å². The Labute approximate surface area is 107 Å². The maximum Gasteiger partial charge on any atom is 0.128 e. The van der Waals surface area contributed by atoms with Gasteiger partial charge in [0.15, 0.2) is 0 Å². The van der Waals surface area contributed by atoms with Crippen molar-refractivity contribution in [2.75, 3.05) is 13.2 Å². The molecule has 3 heteroatoms. The van der Waals surface area contributed by atoms with Gasteiger partial charge in [0.1, 0.15) is 5.75 Å². The van der Waals surface area contributed by atoms with Gasteiger partial charge in [-0.25, -0.2) is 0 Å². The van der Waals surface area contributed by atoms with Crippen LogP contribution in [-0.4, -0.2) is 23.9 Å². The zero-order valence-corrected chi connectivity index (χ0v) is 10.8. The molecule has 0 saturated carbocycles. The highest BCUT2D eigenvalue weighted by Crippen LogP contribution is 2.27. The van der Waals surface area contributed by atoms with Gasteiger partial charge in [0.25, 0.3) is 0 Å². The van der Waals surface area contributed by atoms with Gasteiger partial charge in [-0.15, -0.1) is 0 Å². The van der Waals surface area contributed by atoms with Crippen molar-refractivity contribution in [3.8, 4) is 5.75 Å². The van der Waals surface area contributed by atoms with Crippen LogP contribution in [0.15, 0.2) is 30.5 Å². The molecule has 1 saturated heterocycles. The molecule has 0 spiro atoms. The number of benzene rings is 1. The van der Waals surface area contributed by atoms with Gasteiger partial charge < -0.3 is 14.0 Å². The van der Waals surface area contributed by atoms with Gasteiger partial charge in [0, 0.05) is 24.7 Å². The SMILES string of the molecule is CCOc1cccc2c1ccn2CC1CCCO1. The first-order valence-corrected chi connectivity index (χ1v) is 6.70. The van der Waals surface area contributed by atoms with E-state index in [2.05, 4.69) is 29.0 Å². The minimum atomic E-state index is 0.372. The molecular weight excluding hydrogens is 226 g/mol. The Kier molecular flexibility index (Phi) is 3.24. The van der Waals surface area contributed by atoms with E-state index in [0.717, 1.165) is 18.9 Å². The molecule has 1 aliphatic heterocycles. The summed E-state index contributed by atoms with van der Waals surface area (Å²) in [6, 6.07) is 8.36. The maximum atomic E-state index is 5.70. The van der Waals surface area contributed by atoms with Crippen molar-refractivity contribution >= 4 is 10.9 Å². The minimum Gasteiger partial charge on any atom is -0.493 e. The number of hydrogen-bond donors (Lipinski definition) is 0. The topological polar surface area (TPSA) is 23.4 Å². The average Bonchev–Trinajstić information content (AvgIpc) is 3.01. The summed E-state index contributed by atoms with van der Waals surface area (Å²) < 4.78 is 13.6. The molecule has 1 aromatic heterocycles. The predicted molar refractivity (Wildman–Crippen MR) is 72.1 cm³/mol. The zero-order valence-electron chi connectivity index (χ0n) is 10.8. The van der Waals surface area contributed by atoms with Crippen LogP contribution in [0.5, 0.6) is 5.75 Å². The van der Waals surface area contributed by atoms with Gasteiger partial charge in [0.2, 0.25) is 0 Å². The summed E-state index contributed by atoms with van der Waals surface area (Å²) in [4.78, 5) is 0. The van der Waals surface area contributed by atoms with Crippen LogP contribution >= 0.6 is 0 Å². The molecule has 1 aliphatic rings. The molecule has 3 nitrogen and oxygen atoms in total. The molecule has 0 radical (unpaired) electrons. The third kappa shape index (κ3) is 2.10. The fraction of sp³-hybridized carbons (Fsp3) is 0.467. The van der Waals surface area contributed by atoms with E-state index >= 15 is 0 Å². The van der Waals surface area contributed by atoms with Crippen LogP contribution in [0.4, 0.5) is 0 Å². The summed E-state index contributed by atoms with van der Waals surface area (Å²) in [5, 5.41) is 1.19. The molecule has 1 fully saturated rings. The summed E-state index contributed by atoms with van der Waals surface area (Å²) in [6.07, 6.45) is 4.87. The molecule has 2 aromatic rings. The Morgan fingerprint density at radius 3 is 3.11 bits per heavy atom. The largest absolute Gasteiger partial charge is 0.493 e. The molecule has 0 aliphatic carbocycles. The highest BCUT2D eigenvalue weighted by Gasteiger charge is 2.17.